The fraction of sp³-hybridized carbons (Fsp3) is 0.500. The standard InChI is InChI=1S/C16H23NO2/c1-11(2)14(8-9-18)17-12(3)16-10-13-6-4-5-7-15(13)19-16/h4-7,10-12,14,17-18H,8-9H2,1-3H3. The molecule has 2 atom stereocenters. The second-order valence-electron chi connectivity index (χ2n) is 5.44. The SMILES string of the molecule is CC(NC(CCO)C(C)C)c1cc2ccccc2o1. The van der Waals surface area contributed by atoms with Crippen LogP contribution in [-0.4, -0.2) is 17.8 Å². The van der Waals surface area contributed by atoms with E-state index in [4.69, 9.17) is 9.52 Å². The minimum Gasteiger partial charge on any atom is -0.459 e. The molecular formula is C16H23NO2. The van der Waals surface area contributed by atoms with Gasteiger partial charge in [0.15, 0.2) is 0 Å². The Hall–Kier alpha value is -1.32. The van der Waals surface area contributed by atoms with Gasteiger partial charge in [0.25, 0.3) is 0 Å². The Morgan fingerprint density at radius 3 is 2.58 bits per heavy atom. The van der Waals surface area contributed by atoms with E-state index < -0.39 is 0 Å². The Bertz CT molecular complexity index is 485. The molecular weight excluding hydrogens is 238 g/mol. The average molecular weight is 261 g/mol. The number of aliphatic hydroxyl groups excluding tert-OH is 1. The van der Waals surface area contributed by atoms with Crippen LogP contribution in [0.15, 0.2) is 34.7 Å². The smallest absolute Gasteiger partial charge is 0.134 e. The summed E-state index contributed by atoms with van der Waals surface area (Å²) >= 11 is 0. The van der Waals surface area contributed by atoms with Gasteiger partial charge >= 0.3 is 0 Å². The minimum atomic E-state index is 0.145. The molecule has 2 aromatic rings. The first kappa shape index (κ1) is 14.1. The quantitative estimate of drug-likeness (QED) is 0.836. The summed E-state index contributed by atoms with van der Waals surface area (Å²) in [5.74, 6) is 1.43. The first-order valence-corrected chi connectivity index (χ1v) is 6.97. The molecule has 0 bridgehead atoms. The van der Waals surface area contributed by atoms with Crippen LogP contribution >= 0.6 is 0 Å². The van der Waals surface area contributed by atoms with E-state index in [0.717, 1.165) is 23.2 Å². The fourth-order valence-electron chi connectivity index (χ4n) is 2.37. The van der Waals surface area contributed by atoms with Crippen molar-refractivity contribution in [2.24, 2.45) is 5.92 Å². The summed E-state index contributed by atoms with van der Waals surface area (Å²) in [5.41, 5.74) is 0.925. The monoisotopic (exact) mass is 261 g/mol. The van der Waals surface area contributed by atoms with Crippen LogP contribution in [0.25, 0.3) is 11.0 Å². The number of furan rings is 1. The first-order valence-electron chi connectivity index (χ1n) is 6.97. The number of nitrogens with one attached hydrogen (secondary N) is 1. The van der Waals surface area contributed by atoms with Gasteiger partial charge in [0, 0.05) is 18.0 Å². The topological polar surface area (TPSA) is 45.4 Å². The lowest BCUT2D eigenvalue weighted by Gasteiger charge is -2.24. The van der Waals surface area contributed by atoms with Crippen LogP contribution in [0.5, 0.6) is 0 Å². The van der Waals surface area contributed by atoms with Gasteiger partial charge in [0.05, 0.1) is 6.04 Å². The van der Waals surface area contributed by atoms with Gasteiger partial charge < -0.3 is 14.8 Å². The highest BCUT2D eigenvalue weighted by molar-refractivity contribution is 5.77. The maximum Gasteiger partial charge on any atom is 0.134 e. The highest BCUT2D eigenvalue weighted by Crippen LogP contribution is 2.24. The van der Waals surface area contributed by atoms with E-state index in [1.807, 2.05) is 18.2 Å². The lowest BCUT2D eigenvalue weighted by molar-refractivity contribution is 0.233. The van der Waals surface area contributed by atoms with Crippen molar-refractivity contribution >= 4 is 11.0 Å². The molecule has 2 N–H and O–H groups in total. The summed E-state index contributed by atoms with van der Waals surface area (Å²) < 4.78 is 5.86. The third kappa shape index (κ3) is 3.37. The Labute approximate surface area is 114 Å². The van der Waals surface area contributed by atoms with Gasteiger partial charge in [-0.15, -0.1) is 0 Å². The van der Waals surface area contributed by atoms with Crippen LogP contribution in [0.3, 0.4) is 0 Å². The predicted molar refractivity (Wildman–Crippen MR) is 78.1 cm³/mol. The van der Waals surface area contributed by atoms with Crippen molar-refractivity contribution < 1.29 is 9.52 Å². The second-order valence-corrected chi connectivity index (χ2v) is 5.44. The van der Waals surface area contributed by atoms with E-state index in [2.05, 4.69) is 38.2 Å². The van der Waals surface area contributed by atoms with Crippen LogP contribution in [0.2, 0.25) is 0 Å². The summed E-state index contributed by atoms with van der Waals surface area (Å²) in [6, 6.07) is 10.6. The van der Waals surface area contributed by atoms with E-state index in [1.54, 1.807) is 0 Å². The molecule has 0 radical (unpaired) electrons. The summed E-state index contributed by atoms with van der Waals surface area (Å²) in [6.07, 6.45) is 0.766. The van der Waals surface area contributed by atoms with E-state index >= 15 is 0 Å². The van der Waals surface area contributed by atoms with E-state index in [9.17, 15) is 0 Å². The van der Waals surface area contributed by atoms with Gasteiger partial charge in [-0.05, 0) is 31.4 Å². The molecule has 3 heteroatoms. The average Bonchev–Trinajstić information content (AvgIpc) is 2.81. The molecule has 1 aromatic carbocycles. The van der Waals surface area contributed by atoms with Gasteiger partial charge in [-0.3, -0.25) is 0 Å². The predicted octanol–water partition coefficient (Wildman–Crippen LogP) is 3.49. The lowest BCUT2D eigenvalue weighted by atomic mass is 10.00. The van der Waals surface area contributed by atoms with Crippen molar-refractivity contribution in [1.82, 2.24) is 5.32 Å². The second kappa shape index (κ2) is 6.22. The van der Waals surface area contributed by atoms with E-state index in [-0.39, 0.29) is 12.6 Å². The fourth-order valence-corrected chi connectivity index (χ4v) is 2.37. The maximum absolute atomic E-state index is 9.12. The van der Waals surface area contributed by atoms with Crippen LogP contribution in [0, 0.1) is 5.92 Å². The molecule has 0 amide bonds. The van der Waals surface area contributed by atoms with Crippen molar-refractivity contribution in [3.8, 4) is 0 Å². The number of hydrogen-bond acceptors (Lipinski definition) is 3. The van der Waals surface area contributed by atoms with Crippen molar-refractivity contribution in [2.75, 3.05) is 6.61 Å². The zero-order valence-corrected chi connectivity index (χ0v) is 11.9. The minimum absolute atomic E-state index is 0.145. The summed E-state index contributed by atoms with van der Waals surface area (Å²) in [5, 5.41) is 13.8. The van der Waals surface area contributed by atoms with Gasteiger partial charge in [-0.25, -0.2) is 0 Å². The molecule has 0 spiro atoms. The highest BCUT2D eigenvalue weighted by Gasteiger charge is 2.18. The normalized spacial score (nSPS) is 15.0. The Morgan fingerprint density at radius 1 is 1.21 bits per heavy atom. The molecule has 0 saturated heterocycles. The Kier molecular flexibility index (Phi) is 4.61. The van der Waals surface area contributed by atoms with E-state index in [1.165, 1.54) is 0 Å². The van der Waals surface area contributed by atoms with Crippen molar-refractivity contribution in [2.45, 2.75) is 39.3 Å². The number of rotatable bonds is 6. The third-order valence-corrected chi connectivity index (χ3v) is 3.58. The van der Waals surface area contributed by atoms with Crippen LogP contribution in [-0.2, 0) is 0 Å². The molecule has 1 aromatic heterocycles. The molecule has 0 aliphatic heterocycles. The van der Waals surface area contributed by atoms with Crippen LogP contribution < -0.4 is 5.32 Å². The highest BCUT2D eigenvalue weighted by atomic mass is 16.3. The van der Waals surface area contributed by atoms with Gasteiger partial charge in [-0.1, -0.05) is 32.0 Å². The number of fused-ring (bicyclic) bond motifs is 1. The van der Waals surface area contributed by atoms with E-state index in [0.29, 0.717) is 12.0 Å². The molecule has 2 rings (SSSR count). The summed E-state index contributed by atoms with van der Waals surface area (Å²) in [7, 11) is 0. The van der Waals surface area contributed by atoms with Crippen LogP contribution in [0.1, 0.15) is 39.0 Å². The molecule has 0 aliphatic carbocycles. The maximum atomic E-state index is 9.12. The van der Waals surface area contributed by atoms with Gasteiger partial charge in [0.2, 0.25) is 0 Å². The molecule has 19 heavy (non-hydrogen) atoms. The van der Waals surface area contributed by atoms with Crippen LogP contribution in [0.4, 0.5) is 0 Å². The molecule has 104 valence electrons. The number of para-hydroxylation sites is 1. The Balaban J connectivity index is 2.11. The summed E-state index contributed by atoms with van der Waals surface area (Å²) in [4.78, 5) is 0. The number of aliphatic hydroxyl groups is 1. The lowest BCUT2D eigenvalue weighted by Crippen LogP contribution is -2.36. The molecule has 2 unspecified atom stereocenters. The zero-order chi connectivity index (χ0) is 13.8. The van der Waals surface area contributed by atoms with Crippen molar-refractivity contribution in [1.29, 1.82) is 0 Å². The molecule has 3 nitrogen and oxygen atoms in total. The summed E-state index contributed by atoms with van der Waals surface area (Å²) in [6.45, 7) is 6.64. The van der Waals surface area contributed by atoms with Gasteiger partial charge in [-0.2, -0.15) is 0 Å². The molecule has 1 heterocycles. The first-order chi connectivity index (χ1) is 9.11. The van der Waals surface area contributed by atoms with Crippen molar-refractivity contribution in [3.05, 3.63) is 36.1 Å². The zero-order valence-electron chi connectivity index (χ0n) is 11.9. The van der Waals surface area contributed by atoms with Gasteiger partial charge in [0.1, 0.15) is 11.3 Å². The largest absolute Gasteiger partial charge is 0.459 e. The number of benzene rings is 1. The van der Waals surface area contributed by atoms with Crippen molar-refractivity contribution in [3.63, 3.8) is 0 Å². The molecule has 0 aliphatic rings. The molecule has 0 fully saturated rings. The third-order valence-electron chi connectivity index (χ3n) is 3.58. The molecule has 0 saturated carbocycles. The Morgan fingerprint density at radius 2 is 1.95 bits per heavy atom. The number of hydrogen-bond donors (Lipinski definition) is 2.